The molecule has 1 aromatic rings. The largest absolute Gasteiger partial charge is 0.467 e. The number of fused-ring (bicyclic) bond motifs is 1. The van der Waals surface area contributed by atoms with E-state index in [1.807, 2.05) is 30.3 Å². The number of esters is 1. The highest BCUT2D eigenvalue weighted by molar-refractivity contribution is 5.73. The Morgan fingerprint density at radius 1 is 1.19 bits per heavy atom. The molecule has 1 aromatic carbocycles. The maximum Gasteiger partial charge on any atom is 0.331 e. The first kappa shape index (κ1) is 23.6. The van der Waals surface area contributed by atoms with Gasteiger partial charge in [0.15, 0.2) is 12.1 Å². The van der Waals surface area contributed by atoms with E-state index in [9.17, 15) is 9.59 Å². The summed E-state index contributed by atoms with van der Waals surface area (Å²) in [6, 6.07) is 8.99. The first-order chi connectivity index (χ1) is 14.7. The number of nitrogens with zero attached hydrogens (tertiary/aromatic N) is 1. The molecule has 9 heteroatoms. The molecule has 2 saturated heterocycles. The molecule has 0 aliphatic carbocycles. The summed E-state index contributed by atoms with van der Waals surface area (Å²) in [5.74, 6) is -1.59. The second-order valence-electron chi connectivity index (χ2n) is 8.11. The number of likely N-dealkylation sites (N-methyl/N-ethyl adjacent to an activating group) is 1. The van der Waals surface area contributed by atoms with Crippen LogP contribution in [0.4, 0.5) is 0 Å². The molecule has 2 aliphatic rings. The minimum atomic E-state index is -0.867. The Hall–Kier alpha value is -2.04. The second kappa shape index (κ2) is 10.1. The average Bonchev–Trinajstić information content (AvgIpc) is 2.75. The maximum atomic E-state index is 12.3. The third kappa shape index (κ3) is 5.81. The van der Waals surface area contributed by atoms with Crippen LogP contribution < -0.4 is 0 Å². The van der Waals surface area contributed by atoms with Gasteiger partial charge in [-0.05, 0) is 19.4 Å². The molecule has 2 fully saturated rings. The monoisotopic (exact) mass is 437 g/mol. The van der Waals surface area contributed by atoms with Crippen LogP contribution in [-0.2, 0) is 44.6 Å². The van der Waals surface area contributed by atoms with Crippen molar-refractivity contribution in [2.45, 2.75) is 63.8 Å². The van der Waals surface area contributed by atoms with E-state index in [1.165, 1.54) is 18.9 Å². The molecular weight excluding hydrogens is 406 g/mol. The van der Waals surface area contributed by atoms with E-state index < -0.39 is 42.4 Å². The molecule has 0 spiro atoms. The minimum Gasteiger partial charge on any atom is -0.467 e. The predicted molar refractivity (Wildman–Crippen MR) is 109 cm³/mol. The van der Waals surface area contributed by atoms with E-state index >= 15 is 0 Å². The number of ether oxygens (including phenoxy) is 6. The second-order valence-corrected chi connectivity index (χ2v) is 8.11. The normalized spacial score (nSPS) is 29.6. The number of carbonyl (C=O) groups is 2. The molecule has 31 heavy (non-hydrogen) atoms. The molecule has 5 atom stereocenters. The van der Waals surface area contributed by atoms with Gasteiger partial charge in [-0.1, -0.05) is 30.3 Å². The van der Waals surface area contributed by atoms with Crippen molar-refractivity contribution in [1.82, 2.24) is 4.90 Å². The van der Waals surface area contributed by atoms with Crippen LogP contribution in [0.25, 0.3) is 0 Å². The van der Waals surface area contributed by atoms with Crippen LogP contribution in [-0.4, -0.2) is 80.6 Å². The van der Waals surface area contributed by atoms with Gasteiger partial charge in [0, 0.05) is 14.0 Å². The van der Waals surface area contributed by atoms with Crippen LogP contribution in [0.15, 0.2) is 30.3 Å². The quantitative estimate of drug-likeness (QED) is 0.593. The third-order valence-electron chi connectivity index (χ3n) is 5.45. The Bertz CT molecular complexity index is 755. The van der Waals surface area contributed by atoms with Crippen LogP contribution in [0.3, 0.4) is 0 Å². The number of hydrogen-bond acceptors (Lipinski definition) is 8. The Balaban J connectivity index is 1.88. The summed E-state index contributed by atoms with van der Waals surface area (Å²) >= 11 is 0. The molecule has 3 rings (SSSR count). The highest BCUT2D eigenvalue weighted by Gasteiger charge is 2.54. The van der Waals surface area contributed by atoms with E-state index in [1.54, 1.807) is 20.9 Å². The first-order valence-electron chi connectivity index (χ1n) is 10.3. The van der Waals surface area contributed by atoms with E-state index in [0.717, 1.165) is 5.56 Å². The van der Waals surface area contributed by atoms with Crippen molar-refractivity contribution >= 4 is 11.9 Å². The lowest BCUT2D eigenvalue weighted by atomic mass is 9.94. The smallest absolute Gasteiger partial charge is 0.331 e. The molecule has 0 unspecified atom stereocenters. The van der Waals surface area contributed by atoms with E-state index in [0.29, 0.717) is 0 Å². The van der Waals surface area contributed by atoms with Crippen molar-refractivity contribution in [3.05, 3.63) is 35.9 Å². The number of carbonyl (C=O) groups excluding carboxylic acids is 2. The lowest BCUT2D eigenvalue weighted by Gasteiger charge is -2.52. The molecule has 0 radical (unpaired) electrons. The molecule has 2 heterocycles. The summed E-state index contributed by atoms with van der Waals surface area (Å²) in [7, 11) is 2.94. The molecule has 172 valence electrons. The lowest BCUT2D eigenvalue weighted by Crippen LogP contribution is -2.69. The van der Waals surface area contributed by atoms with Crippen LogP contribution in [0.2, 0.25) is 0 Å². The lowest BCUT2D eigenvalue weighted by molar-refractivity contribution is -0.378. The van der Waals surface area contributed by atoms with E-state index in [2.05, 4.69) is 0 Å². The summed E-state index contributed by atoms with van der Waals surface area (Å²) in [5.41, 5.74) is 0.960. The van der Waals surface area contributed by atoms with Gasteiger partial charge >= 0.3 is 5.97 Å². The zero-order chi connectivity index (χ0) is 22.6. The Morgan fingerprint density at radius 2 is 1.90 bits per heavy atom. The summed E-state index contributed by atoms with van der Waals surface area (Å²) < 4.78 is 34.8. The van der Waals surface area contributed by atoms with Crippen molar-refractivity contribution in [2.75, 3.05) is 27.4 Å². The average molecular weight is 437 g/mol. The molecule has 0 bridgehead atoms. The number of methoxy groups -OCH3 is 1. The fourth-order valence-corrected chi connectivity index (χ4v) is 3.73. The number of amides is 1. The summed E-state index contributed by atoms with van der Waals surface area (Å²) in [6.07, 6.45) is -2.58. The molecular formula is C22H31NO8. The predicted octanol–water partition coefficient (Wildman–Crippen LogP) is 1.48. The molecule has 2 aliphatic heterocycles. The minimum absolute atomic E-state index is 0.196. The van der Waals surface area contributed by atoms with Gasteiger partial charge in [0.1, 0.15) is 31.0 Å². The van der Waals surface area contributed by atoms with Gasteiger partial charge in [-0.25, -0.2) is 4.79 Å². The number of benzene rings is 1. The molecule has 1 amide bonds. The molecule has 0 N–H and O–H groups in total. The summed E-state index contributed by atoms with van der Waals surface area (Å²) in [5, 5.41) is 0. The zero-order valence-corrected chi connectivity index (χ0v) is 18.6. The molecule has 9 nitrogen and oxygen atoms in total. The van der Waals surface area contributed by atoms with Crippen LogP contribution in [0.5, 0.6) is 0 Å². The zero-order valence-electron chi connectivity index (χ0n) is 18.6. The van der Waals surface area contributed by atoms with Crippen molar-refractivity contribution in [3.8, 4) is 0 Å². The van der Waals surface area contributed by atoms with Gasteiger partial charge < -0.3 is 33.3 Å². The van der Waals surface area contributed by atoms with Crippen molar-refractivity contribution in [3.63, 3.8) is 0 Å². The number of rotatable bonds is 7. The van der Waals surface area contributed by atoms with Crippen molar-refractivity contribution in [2.24, 2.45) is 0 Å². The van der Waals surface area contributed by atoms with Gasteiger partial charge in [0.05, 0.1) is 20.3 Å². The van der Waals surface area contributed by atoms with Crippen LogP contribution >= 0.6 is 0 Å². The van der Waals surface area contributed by atoms with Gasteiger partial charge in [-0.2, -0.15) is 0 Å². The van der Waals surface area contributed by atoms with Crippen molar-refractivity contribution in [1.29, 1.82) is 0 Å². The Labute approximate surface area is 182 Å². The van der Waals surface area contributed by atoms with Gasteiger partial charge in [0.25, 0.3) is 0 Å². The first-order valence-corrected chi connectivity index (χ1v) is 10.3. The number of hydrogen-bond donors (Lipinski definition) is 0. The van der Waals surface area contributed by atoms with Crippen LogP contribution in [0, 0.1) is 0 Å². The molecule has 0 saturated carbocycles. The highest BCUT2D eigenvalue weighted by Crippen LogP contribution is 2.36. The standard InChI is InChI=1S/C22H31NO8/c1-14(24)23(4)18-20(27-13-17(25)26-5)19-16(12-29-22(2,3)31-19)30-21(18)28-11-15-9-7-6-8-10-15/h6-10,16,18-21H,11-13H2,1-5H3/t16-,18-,19-,20-,21+/m1/s1. The maximum absolute atomic E-state index is 12.3. The van der Waals surface area contributed by atoms with Gasteiger partial charge in [0.2, 0.25) is 5.91 Å². The van der Waals surface area contributed by atoms with E-state index in [4.69, 9.17) is 28.4 Å². The SMILES string of the molecule is COC(=O)CO[C@H]1[C@@H]2OC(C)(C)OC[C@H]2O[C@H](OCc2ccccc2)[C@@H]1N(C)C(C)=O. The topological polar surface area (TPSA) is 92.8 Å². The fourth-order valence-electron chi connectivity index (χ4n) is 3.73. The summed E-state index contributed by atoms with van der Waals surface area (Å²) in [6.45, 7) is 5.29. The van der Waals surface area contributed by atoms with E-state index in [-0.39, 0.29) is 25.7 Å². The van der Waals surface area contributed by atoms with Crippen LogP contribution in [0.1, 0.15) is 26.3 Å². The van der Waals surface area contributed by atoms with Crippen molar-refractivity contribution < 1.29 is 38.0 Å². The highest BCUT2D eigenvalue weighted by atomic mass is 16.8. The van der Waals surface area contributed by atoms with Gasteiger partial charge in [-0.3, -0.25) is 4.79 Å². The Kier molecular flexibility index (Phi) is 7.66. The molecule has 0 aromatic heterocycles. The fraction of sp³-hybridized carbons (Fsp3) is 0.636. The third-order valence-corrected chi connectivity index (χ3v) is 5.45. The Morgan fingerprint density at radius 3 is 2.55 bits per heavy atom. The summed E-state index contributed by atoms with van der Waals surface area (Å²) in [4.78, 5) is 25.6. The van der Waals surface area contributed by atoms with Gasteiger partial charge in [-0.15, -0.1) is 0 Å².